The Morgan fingerprint density at radius 2 is 1.73 bits per heavy atom. The predicted octanol–water partition coefficient (Wildman–Crippen LogP) is 3.73. The van der Waals surface area contributed by atoms with Gasteiger partial charge in [0.05, 0.1) is 13.2 Å². The lowest BCUT2D eigenvalue weighted by molar-refractivity contribution is -0.122. The second kappa shape index (κ2) is 11.6. The average Bonchev–Trinajstić information content (AvgIpc) is 2.39. The highest BCUT2D eigenvalue weighted by Gasteiger charge is 2.12. The predicted molar refractivity (Wildman–Crippen MR) is 90.8 cm³/mol. The summed E-state index contributed by atoms with van der Waals surface area (Å²) in [5, 5.41) is 2.84. The number of carbonyl (C=O) groups excluding carboxylic acids is 2. The zero-order valence-corrected chi connectivity index (χ0v) is 15.2. The van der Waals surface area contributed by atoms with Crippen LogP contribution >= 0.6 is 0 Å². The first-order chi connectivity index (χ1) is 10.2. The van der Waals surface area contributed by atoms with Gasteiger partial charge in [-0.15, -0.1) is 0 Å². The standard InChI is InChI=1S/C18H35NO3/c1-15(2)7-6-8-16(20)10-13-22-14-12-19-17(21)9-11-18(3,4)5/h15H,6-14H2,1-5H3,(H,19,21). The van der Waals surface area contributed by atoms with E-state index in [2.05, 4.69) is 39.9 Å². The van der Waals surface area contributed by atoms with Crippen molar-refractivity contribution in [1.82, 2.24) is 5.32 Å². The van der Waals surface area contributed by atoms with Gasteiger partial charge in [0, 0.05) is 25.8 Å². The molecule has 0 saturated heterocycles. The molecule has 4 heteroatoms. The third kappa shape index (κ3) is 15.5. The van der Waals surface area contributed by atoms with E-state index in [1.54, 1.807) is 0 Å². The molecule has 0 aliphatic carbocycles. The van der Waals surface area contributed by atoms with Gasteiger partial charge in [-0.2, -0.15) is 0 Å². The summed E-state index contributed by atoms with van der Waals surface area (Å²) in [6.45, 7) is 12.2. The summed E-state index contributed by atoms with van der Waals surface area (Å²) in [4.78, 5) is 23.2. The molecule has 0 aromatic heterocycles. The van der Waals surface area contributed by atoms with Crippen LogP contribution in [0.2, 0.25) is 0 Å². The summed E-state index contributed by atoms with van der Waals surface area (Å²) < 4.78 is 5.39. The van der Waals surface area contributed by atoms with Crippen LogP contribution in [0, 0.1) is 11.3 Å². The number of hydrogen-bond acceptors (Lipinski definition) is 3. The quantitative estimate of drug-likeness (QED) is 0.559. The molecule has 0 aromatic carbocycles. The summed E-state index contributed by atoms with van der Waals surface area (Å²) in [5.74, 6) is 1.00. The van der Waals surface area contributed by atoms with Crippen LogP contribution in [0.4, 0.5) is 0 Å². The first-order valence-corrected chi connectivity index (χ1v) is 8.57. The molecule has 0 aliphatic rings. The SMILES string of the molecule is CC(C)CCCC(=O)CCOCCNC(=O)CCC(C)(C)C. The molecular weight excluding hydrogens is 278 g/mol. The molecule has 0 aliphatic heterocycles. The Morgan fingerprint density at radius 1 is 1.05 bits per heavy atom. The molecule has 1 N–H and O–H groups in total. The van der Waals surface area contributed by atoms with E-state index in [9.17, 15) is 9.59 Å². The van der Waals surface area contributed by atoms with Crippen LogP contribution in [0.25, 0.3) is 0 Å². The van der Waals surface area contributed by atoms with E-state index < -0.39 is 0 Å². The summed E-state index contributed by atoms with van der Waals surface area (Å²) in [6, 6.07) is 0. The van der Waals surface area contributed by atoms with Crippen molar-refractivity contribution in [2.45, 2.75) is 73.1 Å². The molecule has 0 aromatic rings. The van der Waals surface area contributed by atoms with Crippen LogP contribution in [0.1, 0.15) is 73.1 Å². The van der Waals surface area contributed by atoms with Crippen molar-refractivity contribution < 1.29 is 14.3 Å². The highest BCUT2D eigenvalue weighted by atomic mass is 16.5. The van der Waals surface area contributed by atoms with Crippen molar-refractivity contribution >= 4 is 11.7 Å². The van der Waals surface area contributed by atoms with Gasteiger partial charge in [0.2, 0.25) is 5.91 Å². The summed E-state index contributed by atoms with van der Waals surface area (Å²) >= 11 is 0. The Kier molecular flexibility index (Phi) is 11.2. The molecule has 0 spiro atoms. The summed E-state index contributed by atoms with van der Waals surface area (Å²) in [7, 11) is 0. The molecule has 0 radical (unpaired) electrons. The third-order valence-electron chi connectivity index (χ3n) is 3.43. The van der Waals surface area contributed by atoms with Crippen molar-refractivity contribution in [2.75, 3.05) is 19.8 Å². The normalized spacial score (nSPS) is 11.7. The Morgan fingerprint density at radius 3 is 2.32 bits per heavy atom. The van der Waals surface area contributed by atoms with Gasteiger partial charge in [0.1, 0.15) is 5.78 Å². The molecule has 0 saturated carbocycles. The smallest absolute Gasteiger partial charge is 0.220 e. The van der Waals surface area contributed by atoms with Crippen LogP contribution < -0.4 is 5.32 Å². The van der Waals surface area contributed by atoms with Crippen molar-refractivity contribution in [2.24, 2.45) is 11.3 Å². The molecule has 0 rings (SSSR count). The molecule has 4 nitrogen and oxygen atoms in total. The Bertz CT molecular complexity index is 319. The monoisotopic (exact) mass is 313 g/mol. The Labute approximate surface area is 136 Å². The first kappa shape index (κ1) is 21.1. The number of carbonyl (C=O) groups is 2. The van der Waals surface area contributed by atoms with Crippen LogP contribution in [0.5, 0.6) is 0 Å². The van der Waals surface area contributed by atoms with Gasteiger partial charge in [-0.3, -0.25) is 9.59 Å². The minimum atomic E-state index is 0.0725. The lowest BCUT2D eigenvalue weighted by atomic mass is 9.90. The average molecular weight is 313 g/mol. The largest absolute Gasteiger partial charge is 0.379 e. The number of rotatable bonds is 12. The topological polar surface area (TPSA) is 55.4 Å². The van der Waals surface area contributed by atoms with E-state index >= 15 is 0 Å². The van der Waals surface area contributed by atoms with Crippen molar-refractivity contribution in [3.63, 3.8) is 0 Å². The maximum Gasteiger partial charge on any atom is 0.220 e. The molecule has 1 amide bonds. The molecule has 0 bridgehead atoms. The van der Waals surface area contributed by atoms with Crippen molar-refractivity contribution in [3.8, 4) is 0 Å². The molecule has 0 atom stereocenters. The minimum absolute atomic E-state index is 0.0725. The van der Waals surface area contributed by atoms with Gasteiger partial charge in [-0.05, 0) is 24.2 Å². The summed E-state index contributed by atoms with van der Waals surface area (Å²) in [5.41, 5.74) is 0.184. The number of ether oxygens (including phenoxy) is 1. The second-order valence-corrected chi connectivity index (χ2v) is 7.60. The maximum atomic E-state index is 11.6. The van der Waals surface area contributed by atoms with Crippen molar-refractivity contribution in [3.05, 3.63) is 0 Å². The minimum Gasteiger partial charge on any atom is -0.379 e. The highest BCUT2D eigenvalue weighted by Crippen LogP contribution is 2.20. The molecule has 130 valence electrons. The summed E-state index contributed by atoms with van der Waals surface area (Å²) in [6.07, 6.45) is 4.65. The zero-order chi connectivity index (χ0) is 17.0. The fourth-order valence-electron chi connectivity index (χ4n) is 1.96. The van der Waals surface area contributed by atoms with Gasteiger partial charge in [0.25, 0.3) is 0 Å². The maximum absolute atomic E-state index is 11.6. The fraction of sp³-hybridized carbons (Fsp3) is 0.889. The van der Waals surface area contributed by atoms with Crippen LogP contribution in [-0.2, 0) is 14.3 Å². The van der Waals surface area contributed by atoms with Gasteiger partial charge in [0.15, 0.2) is 0 Å². The number of hydrogen-bond donors (Lipinski definition) is 1. The number of ketones is 1. The van der Waals surface area contributed by atoms with E-state index in [1.807, 2.05) is 0 Å². The fourth-order valence-corrected chi connectivity index (χ4v) is 1.96. The van der Waals surface area contributed by atoms with Gasteiger partial charge in [-0.1, -0.05) is 41.0 Å². The molecule has 0 unspecified atom stereocenters. The zero-order valence-electron chi connectivity index (χ0n) is 15.2. The molecule has 22 heavy (non-hydrogen) atoms. The van der Waals surface area contributed by atoms with Gasteiger partial charge >= 0.3 is 0 Å². The van der Waals surface area contributed by atoms with Crippen LogP contribution in [-0.4, -0.2) is 31.4 Å². The van der Waals surface area contributed by atoms with Crippen molar-refractivity contribution in [1.29, 1.82) is 0 Å². The van der Waals surface area contributed by atoms with E-state index in [4.69, 9.17) is 4.74 Å². The third-order valence-corrected chi connectivity index (χ3v) is 3.43. The van der Waals surface area contributed by atoms with Crippen LogP contribution in [0.3, 0.4) is 0 Å². The lowest BCUT2D eigenvalue weighted by Gasteiger charge is -2.17. The highest BCUT2D eigenvalue weighted by molar-refractivity contribution is 5.78. The number of nitrogens with one attached hydrogen (secondary N) is 1. The Hall–Kier alpha value is -0.900. The second-order valence-electron chi connectivity index (χ2n) is 7.60. The molecule has 0 heterocycles. The lowest BCUT2D eigenvalue weighted by Crippen LogP contribution is -2.28. The number of Topliss-reactive ketones (excluding diaryl/α,β-unsaturated/α-hetero) is 1. The number of amides is 1. The van der Waals surface area contributed by atoms with Crippen LogP contribution in [0.15, 0.2) is 0 Å². The Balaban J connectivity index is 3.42. The van der Waals surface area contributed by atoms with E-state index in [-0.39, 0.29) is 17.1 Å². The van der Waals surface area contributed by atoms with E-state index in [0.717, 1.165) is 19.3 Å². The van der Waals surface area contributed by atoms with E-state index in [1.165, 1.54) is 0 Å². The molecular formula is C18H35NO3. The van der Waals surface area contributed by atoms with E-state index in [0.29, 0.717) is 44.9 Å². The molecule has 0 fully saturated rings. The first-order valence-electron chi connectivity index (χ1n) is 8.57. The van der Waals surface area contributed by atoms with Gasteiger partial charge in [-0.25, -0.2) is 0 Å². The van der Waals surface area contributed by atoms with Gasteiger partial charge < -0.3 is 10.1 Å².